The molecule has 2 heterocycles. The van der Waals surface area contributed by atoms with E-state index in [0.29, 0.717) is 12.1 Å². The first-order valence-corrected chi connectivity index (χ1v) is 7.87. The van der Waals surface area contributed by atoms with Gasteiger partial charge in [-0.2, -0.15) is 0 Å². The van der Waals surface area contributed by atoms with Gasteiger partial charge in [-0.3, -0.25) is 0 Å². The van der Waals surface area contributed by atoms with Crippen molar-refractivity contribution in [1.82, 2.24) is 4.98 Å². The smallest absolute Gasteiger partial charge is 0.184 e. The highest BCUT2D eigenvalue weighted by Gasteiger charge is 2.40. The van der Waals surface area contributed by atoms with E-state index in [1.54, 1.807) is 11.3 Å². The van der Waals surface area contributed by atoms with Crippen LogP contribution in [0.5, 0.6) is 0 Å². The Morgan fingerprint density at radius 1 is 1.32 bits per heavy atom. The number of ether oxygens (including phenoxy) is 1. The number of para-hydroxylation sites is 1. The molecule has 2 aromatic rings. The van der Waals surface area contributed by atoms with Crippen LogP contribution in [0.3, 0.4) is 0 Å². The van der Waals surface area contributed by atoms with Gasteiger partial charge in [0.15, 0.2) is 5.13 Å². The highest BCUT2D eigenvalue weighted by Crippen LogP contribution is 2.40. The summed E-state index contributed by atoms with van der Waals surface area (Å²) in [5.74, 6) is 0.788. The molecule has 1 aliphatic carbocycles. The first-order chi connectivity index (χ1) is 9.31. The summed E-state index contributed by atoms with van der Waals surface area (Å²) >= 11 is 1.75. The van der Waals surface area contributed by atoms with Gasteiger partial charge in [-0.05, 0) is 43.7 Å². The second-order valence-electron chi connectivity index (χ2n) is 5.65. The van der Waals surface area contributed by atoms with Crippen molar-refractivity contribution in [2.45, 2.75) is 38.3 Å². The number of nitrogens with zero attached hydrogens (tertiary/aromatic N) is 1. The molecule has 1 saturated heterocycles. The van der Waals surface area contributed by atoms with Gasteiger partial charge >= 0.3 is 0 Å². The highest BCUT2D eigenvalue weighted by atomic mass is 32.1. The molecule has 2 atom stereocenters. The molecule has 2 fully saturated rings. The minimum absolute atomic E-state index is 0.410. The molecule has 0 radical (unpaired) electrons. The largest absolute Gasteiger partial charge is 0.376 e. The third-order valence-corrected chi connectivity index (χ3v) is 5.10. The van der Waals surface area contributed by atoms with Crippen LogP contribution in [-0.4, -0.2) is 23.7 Å². The van der Waals surface area contributed by atoms with Gasteiger partial charge in [0.25, 0.3) is 0 Å². The second-order valence-corrected chi connectivity index (χ2v) is 6.68. The summed E-state index contributed by atoms with van der Waals surface area (Å²) in [5, 5.41) is 4.66. The minimum atomic E-state index is 0.410. The molecule has 2 aliphatic rings. The number of rotatable bonds is 3. The van der Waals surface area contributed by atoms with Gasteiger partial charge in [-0.15, -0.1) is 0 Å². The lowest BCUT2D eigenvalue weighted by Gasteiger charge is -2.18. The molecule has 0 bridgehead atoms. The third kappa shape index (κ3) is 2.13. The maximum Gasteiger partial charge on any atom is 0.184 e. The number of hydrogen-bond donors (Lipinski definition) is 1. The first-order valence-electron chi connectivity index (χ1n) is 7.05. The van der Waals surface area contributed by atoms with Crippen molar-refractivity contribution in [3.05, 3.63) is 23.8 Å². The molecule has 2 unspecified atom stereocenters. The van der Waals surface area contributed by atoms with Crippen molar-refractivity contribution in [1.29, 1.82) is 0 Å². The van der Waals surface area contributed by atoms with Gasteiger partial charge in [-0.25, -0.2) is 4.98 Å². The van der Waals surface area contributed by atoms with Crippen molar-refractivity contribution in [3.8, 4) is 0 Å². The van der Waals surface area contributed by atoms with E-state index in [1.165, 1.54) is 23.1 Å². The van der Waals surface area contributed by atoms with Crippen molar-refractivity contribution in [3.63, 3.8) is 0 Å². The zero-order valence-electron chi connectivity index (χ0n) is 11.1. The Morgan fingerprint density at radius 3 is 3.00 bits per heavy atom. The molecule has 1 saturated carbocycles. The number of thiazole rings is 1. The molecule has 0 spiro atoms. The standard InChI is InChI=1S/C15H18N2OS/c1-9-3-2-4-12-13(9)17-15(19-12)16-11-7-8-18-14(11)10-5-6-10/h2-4,10-11,14H,5-8H2,1H3,(H,16,17). The summed E-state index contributed by atoms with van der Waals surface area (Å²) in [6, 6.07) is 6.82. The number of nitrogens with one attached hydrogen (secondary N) is 1. The average molecular weight is 274 g/mol. The summed E-state index contributed by atoms with van der Waals surface area (Å²) < 4.78 is 7.14. The van der Waals surface area contributed by atoms with E-state index in [0.717, 1.165) is 29.6 Å². The molecule has 1 aromatic carbocycles. The molecule has 3 nitrogen and oxygen atoms in total. The van der Waals surface area contributed by atoms with Gasteiger partial charge in [0.2, 0.25) is 0 Å². The van der Waals surface area contributed by atoms with Gasteiger partial charge in [0.1, 0.15) is 0 Å². The number of fused-ring (bicyclic) bond motifs is 1. The lowest BCUT2D eigenvalue weighted by Crippen LogP contribution is -2.30. The van der Waals surface area contributed by atoms with Crippen molar-refractivity contribution in [2.24, 2.45) is 5.92 Å². The summed E-state index contributed by atoms with van der Waals surface area (Å²) in [6.07, 6.45) is 4.19. The predicted molar refractivity (Wildman–Crippen MR) is 78.8 cm³/mol. The monoisotopic (exact) mass is 274 g/mol. The maximum absolute atomic E-state index is 5.87. The Hall–Kier alpha value is -1.13. The number of anilines is 1. The Labute approximate surface area is 117 Å². The molecular weight excluding hydrogens is 256 g/mol. The Kier molecular flexibility index (Phi) is 2.74. The van der Waals surface area contributed by atoms with Crippen LogP contribution < -0.4 is 5.32 Å². The fourth-order valence-corrected chi connectivity index (χ4v) is 3.97. The lowest BCUT2D eigenvalue weighted by molar-refractivity contribution is 0.0898. The molecule has 4 heteroatoms. The number of aryl methyl sites for hydroxylation is 1. The van der Waals surface area contributed by atoms with E-state index in [1.807, 2.05) is 0 Å². The SMILES string of the molecule is Cc1cccc2sc(NC3CCOC3C3CC3)nc12. The fraction of sp³-hybridized carbons (Fsp3) is 0.533. The lowest BCUT2D eigenvalue weighted by atomic mass is 10.1. The van der Waals surface area contributed by atoms with Crippen LogP contribution in [0.4, 0.5) is 5.13 Å². The summed E-state index contributed by atoms with van der Waals surface area (Å²) in [5.41, 5.74) is 2.39. The van der Waals surface area contributed by atoms with Crippen LogP contribution in [0.1, 0.15) is 24.8 Å². The highest BCUT2D eigenvalue weighted by molar-refractivity contribution is 7.22. The number of hydrogen-bond acceptors (Lipinski definition) is 4. The minimum Gasteiger partial charge on any atom is -0.376 e. The van der Waals surface area contributed by atoms with Gasteiger partial charge in [-0.1, -0.05) is 23.5 Å². The maximum atomic E-state index is 5.87. The topological polar surface area (TPSA) is 34.1 Å². The fourth-order valence-electron chi connectivity index (χ4n) is 2.96. The number of benzene rings is 1. The van der Waals surface area contributed by atoms with Crippen molar-refractivity contribution < 1.29 is 4.74 Å². The van der Waals surface area contributed by atoms with E-state index in [2.05, 4.69) is 30.4 Å². The molecule has 1 N–H and O–H groups in total. The molecular formula is C15H18N2OS. The average Bonchev–Trinajstić information content (AvgIpc) is 2.99. The van der Waals surface area contributed by atoms with Crippen LogP contribution in [0.25, 0.3) is 10.2 Å². The zero-order valence-corrected chi connectivity index (χ0v) is 11.9. The normalized spacial score (nSPS) is 27.0. The molecule has 1 aromatic heterocycles. The van der Waals surface area contributed by atoms with Crippen LogP contribution in [0.15, 0.2) is 18.2 Å². The molecule has 0 amide bonds. The molecule has 4 rings (SSSR count). The second kappa shape index (κ2) is 4.46. The summed E-state index contributed by atoms with van der Waals surface area (Å²) in [4.78, 5) is 4.74. The summed E-state index contributed by atoms with van der Waals surface area (Å²) in [6.45, 7) is 3.01. The van der Waals surface area contributed by atoms with E-state index < -0.39 is 0 Å². The predicted octanol–water partition coefficient (Wildman–Crippen LogP) is 3.58. The van der Waals surface area contributed by atoms with Gasteiger partial charge in [0.05, 0.1) is 22.4 Å². The van der Waals surface area contributed by atoms with E-state index in [-0.39, 0.29) is 0 Å². The Balaban J connectivity index is 1.59. The molecule has 1 aliphatic heterocycles. The Morgan fingerprint density at radius 2 is 2.21 bits per heavy atom. The van der Waals surface area contributed by atoms with Crippen LogP contribution >= 0.6 is 11.3 Å². The molecule has 100 valence electrons. The third-order valence-electron chi connectivity index (χ3n) is 4.15. The zero-order chi connectivity index (χ0) is 12.8. The number of aromatic nitrogens is 1. The first kappa shape index (κ1) is 11.7. The Bertz CT molecular complexity index is 605. The summed E-state index contributed by atoms with van der Waals surface area (Å²) in [7, 11) is 0. The van der Waals surface area contributed by atoms with Crippen LogP contribution in [0.2, 0.25) is 0 Å². The quantitative estimate of drug-likeness (QED) is 0.929. The van der Waals surface area contributed by atoms with Gasteiger partial charge in [0, 0.05) is 6.61 Å². The van der Waals surface area contributed by atoms with E-state index >= 15 is 0 Å². The van der Waals surface area contributed by atoms with Gasteiger partial charge < -0.3 is 10.1 Å². The van der Waals surface area contributed by atoms with E-state index in [9.17, 15) is 0 Å². The van der Waals surface area contributed by atoms with Crippen molar-refractivity contribution >= 4 is 26.7 Å². The van der Waals surface area contributed by atoms with Crippen molar-refractivity contribution in [2.75, 3.05) is 11.9 Å². The van der Waals surface area contributed by atoms with Crippen LogP contribution in [0, 0.1) is 12.8 Å². The molecule has 19 heavy (non-hydrogen) atoms. The van der Waals surface area contributed by atoms with E-state index in [4.69, 9.17) is 9.72 Å². The van der Waals surface area contributed by atoms with Crippen LogP contribution in [-0.2, 0) is 4.74 Å².